The van der Waals surface area contributed by atoms with Gasteiger partial charge in [-0.05, 0) is 37.0 Å². The molecule has 1 atom stereocenters. The molecule has 17 heavy (non-hydrogen) atoms. The van der Waals surface area contributed by atoms with Crippen LogP contribution in [0.1, 0.15) is 43.6 Å². The van der Waals surface area contributed by atoms with Gasteiger partial charge in [0.25, 0.3) is 5.91 Å². The third-order valence-electron chi connectivity index (χ3n) is 3.27. The molecule has 0 aliphatic heterocycles. The van der Waals surface area contributed by atoms with Crippen LogP contribution in [0.4, 0.5) is 5.69 Å². The van der Waals surface area contributed by atoms with Crippen LogP contribution in [-0.4, -0.2) is 11.9 Å². The maximum Gasteiger partial charge on any atom is 0.251 e. The average Bonchev–Trinajstić information content (AvgIpc) is 2.20. The summed E-state index contributed by atoms with van der Waals surface area (Å²) < 4.78 is 0. The van der Waals surface area contributed by atoms with E-state index in [4.69, 9.17) is 5.73 Å². The number of carbonyl (C=O) groups excluding carboxylic acids is 1. The molecule has 0 aliphatic carbocycles. The Hall–Kier alpha value is -1.51. The Kier molecular flexibility index (Phi) is 3.81. The third kappa shape index (κ3) is 3.22. The van der Waals surface area contributed by atoms with Crippen molar-refractivity contribution in [3.05, 3.63) is 29.3 Å². The van der Waals surface area contributed by atoms with Crippen molar-refractivity contribution < 1.29 is 4.79 Å². The van der Waals surface area contributed by atoms with Gasteiger partial charge in [0.15, 0.2) is 0 Å². The lowest BCUT2D eigenvalue weighted by Gasteiger charge is -2.28. The first-order valence-electron chi connectivity index (χ1n) is 5.89. The van der Waals surface area contributed by atoms with Crippen LogP contribution in [0.15, 0.2) is 18.2 Å². The molecule has 3 N–H and O–H groups in total. The molecule has 0 spiro atoms. The first-order chi connectivity index (χ1) is 7.73. The molecular formula is C14H22N2O. The molecule has 0 fully saturated rings. The van der Waals surface area contributed by atoms with Crippen LogP contribution in [-0.2, 0) is 0 Å². The van der Waals surface area contributed by atoms with Crippen molar-refractivity contribution in [2.45, 2.75) is 40.7 Å². The molecule has 94 valence electrons. The summed E-state index contributed by atoms with van der Waals surface area (Å²) in [6, 6.07) is 5.52. The van der Waals surface area contributed by atoms with Gasteiger partial charge in [0.2, 0.25) is 0 Å². The second kappa shape index (κ2) is 4.78. The number of rotatable bonds is 2. The van der Waals surface area contributed by atoms with Crippen LogP contribution in [0.2, 0.25) is 0 Å². The maximum atomic E-state index is 12.1. The zero-order chi connectivity index (χ0) is 13.2. The van der Waals surface area contributed by atoms with Gasteiger partial charge in [-0.25, -0.2) is 0 Å². The summed E-state index contributed by atoms with van der Waals surface area (Å²) in [5.41, 5.74) is 7.99. The molecule has 0 bridgehead atoms. The summed E-state index contributed by atoms with van der Waals surface area (Å²) >= 11 is 0. The predicted octanol–water partition coefficient (Wildman–Crippen LogP) is 2.74. The number of nitrogens with one attached hydrogen (secondary N) is 1. The van der Waals surface area contributed by atoms with Gasteiger partial charge in [-0.3, -0.25) is 4.79 Å². The van der Waals surface area contributed by atoms with Crippen molar-refractivity contribution in [1.82, 2.24) is 5.32 Å². The lowest BCUT2D eigenvalue weighted by molar-refractivity contribution is 0.0909. The fraction of sp³-hybridized carbons (Fsp3) is 0.500. The first kappa shape index (κ1) is 13.6. The molecule has 0 aliphatic rings. The molecule has 1 unspecified atom stereocenters. The molecule has 3 nitrogen and oxygen atoms in total. The van der Waals surface area contributed by atoms with Crippen LogP contribution in [0.25, 0.3) is 0 Å². The SMILES string of the molecule is Cc1c(N)cccc1C(=O)NC(C)C(C)(C)C. The van der Waals surface area contributed by atoms with E-state index in [9.17, 15) is 4.79 Å². The van der Waals surface area contributed by atoms with E-state index in [2.05, 4.69) is 26.1 Å². The number of amides is 1. The minimum Gasteiger partial charge on any atom is -0.398 e. The lowest BCUT2D eigenvalue weighted by Crippen LogP contribution is -2.41. The van der Waals surface area contributed by atoms with E-state index >= 15 is 0 Å². The Bertz CT molecular complexity index is 419. The van der Waals surface area contributed by atoms with E-state index in [0.717, 1.165) is 5.56 Å². The van der Waals surface area contributed by atoms with E-state index in [0.29, 0.717) is 11.3 Å². The van der Waals surface area contributed by atoms with Crippen molar-refractivity contribution in [3.8, 4) is 0 Å². The number of hydrogen-bond acceptors (Lipinski definition) is 2. The Morgan fingerprint density at radius 3 is 2.47 bits per heavy atom. The van der Waals surface area contributed by atoms with Crippen LogP contribution < -0.4 is 11.1 Å². The topological polar surface area (TPSA) is 55.1 Å². The molecule has 0 saturated heterocycles. The van der Waals surface area contributed by atoms with Crippen molar-refractivity contribution in [2.24, 2.45) is 5.41 Å². The van der Waals surface area contributed by atoms with Crippen molar-refractivity contribution in [3.63, 3.8) is 0 Å². The van der Waals surface area contributed by atoms with Gasteiger partial charge in [-0.2, -0.15) is 0 Å². The highest BCUT2D eigenvalue weighted by Gasteiger charge is 2.22. The fourth-order valence-corrected chi connectivity index (χ4v) is 1.39. The third-order valence-corrected chi connectivity index (χ3v) is 3.27. The van der Waals surface area contributed by atoms with Gasteiger partial charge in [-0.15, -0.1) is 0 Å². The molecule has 1 aromatic carbocycles. The molecule has 0 radical (unpaired) electrons. The van der Waals surface area contributed by atoms with Crippen LogP contribution in [0, 0.1) is 12.3 Å². The Labute approximate surface area is 103 Å². The monoisotopic (exact) mass is 234 g/mol. The van der Waals surface area contributed by atoms with Crippen LogP contribution >= 0.6 is 0 Å². The summed E-state index contributed by atoms with van der Waals surface area (Å²) in [6.45, 7) is 10.2. The summed E-state index contributed by atoms with van der Waals surface area (Å²) in [5, 5.41) is 3.01. The predicted molar refractivity (Wildman–Crippen MR) is 72.0 cm³/mol. The molecular weight excluding hydrogens is 212 g/mol. The van der Waals surface area contributed by atoms with E-state index in [1.807, 2.05) is 13.8 Å². The molecule has 1 rings (SSSR count). The zero-order valence-electron chi connectivity index (χ0n) is 11.3. The van der Waals surface area contributed by atoms with E-state index in [-0.39, 0.29) is 17.4 Å². The van der Waals surface area contributed by atoms with E-state index in [1.165, 1.54) is 0 Å². The standard InChI is InChI=1S/C14H22N2O/c1-9-11(7-6-8-12(9)15)13(17)16-10(2)14(3,4)5/h6-8,10H,15H2,1-5H3,(H,16,17). The molecule has 0 heterocycles. The van der Waals surface area contributed by atoms with E-state index in [1.54, 1.807) is 18.2 Å². The van der Waals surface area contributed by atoms with Gasteiger partial charge in [0.1, 0.15) is 0 Å². The zero-order valence-corrected chi connectivity index (χ0v) is 11.3. The van der Waals surface area contributed by atoms with Crippen molar-refractivity contribution in [2.75, 3.05) is 5.73 Å². The summed E-state index contributed by atoms with van der Waals surface area (Å²) in [7, 11) is 0. The number of carbonyl (C=O) groups is 1. The summed E-state index contributed by atoms with van der Waals surface area (Å²) in [6.07, 6.45) is 0. The van der Waals surface area contributed by atoms with Gasteiger partial charge in [-0.1, -0.05) is 26.8 Å². The average molecular weight is 234 g/mol. The molecule has 1 aromatic rings. The van der Waals surface area contributed by atoms with Gasteiger partial charge < -0.3 is 11.1 Å². The highest BCUT2D eigenvalue weighted by molar-refractivity contribution is 5.97. The molecule has 3 heteroatoms. The maximum absolute atomic E-state index is 12.1. The highest BCUT2D eigenvalue weighted by atomic mass is 16.1. The highest BCUT2D eigenvalue weighted by Crippen LogP contribution is 2.20. The molecule has 1 amide bonds. The minimum atomic E-state index is -0.0581. The quantitative estimate of drug-likeness (QED) is 0.773. The van der Waals surface area contributed by atoms with Crippen LogP contribution in [0.5, 0.6) is 0 Å². The molecule has 0 aromatic heterocycles. The number of hydrogen-bond donors (Lipinski definition) is 2. The smallest absolute Gasteiger partial charge is 0.251 e. The normalized spacial score (nSPS) is 13.2. The Morgan fingerprint density at radius 1 is 1.35 bits per heavy atom. The second-order valence-electron chi connectivity index (χ2n) is 5.58. The number of nitrogen functional groups attached to an aromatic ring is 1. The molecule has 0 saturated carbocycles. The minimum absolute atomic E-state index is 0.0455. The summed E-state index contributed by atoms with van der Waals surface area (Å²) in [4.78, 5) is 12.1. The van der Waals surface area contributed by atoms with Crippen molar-refractivity contribution in [1.29, 1.82) is 0 Å². The van der Waals surface area contributed by atoms with Crippen molar-refractivity contribution >= 4 is 11.6 Å². The Balaban J connectivity index is 2.88. The number of benzene rings is 1. The number of anilines is 1. The Morgan fingerprint density at radius 2 is 1.94 bits per heavy atom. The largest absolute Gasteiger partial charge is 0.398 e. The van der Waals surface area contributed by atoms with Crippen LogP contribution in [0.3, 0.4) is 0 Å². The second-order valence-corrected chi connectivity index (χ2v) is 5.58. The lowest BCUT2D eigenvalue weighted by atomic mass is 9.88. The first-order valence-corrected chi connectivity index (χ1v) is 5.89. The number of nitrogens with two attached hydrogens (primary N) is 1. The summed E-state index contributed by atoms with van der Waals surface area (Å²) in [5.74, 6) is -0.0581. The van der Waals surface area contributed by atoms with Gasteiger partial charge >= 0.3 is 0 Å². The van der Waals surface area contributed by atoms with Gasteiger partial charge in [0, 0.05) is 17.3 Å². The van der Waals surface area contributed by atoms with Gasteiger partial charge in [0.05, 0.1) is 0 Å². The van der Waals surface area contributed by atoms with E-state index < -0.39 is 0 Å². The fourth-order valence-electron chi connectivity index (χ4n) is 1.39.